The zero-order valence-electron chi connectivity index (χ0n) is 11.5. The van der Waals surface area contributed by atoms with E-state index in [1.165, 1.54) is 31.4 Å². The highest BCUT2D eigenvalue weighted by Gasteiger charge is 2.14. The summed E-state index contributed by atoms with van der Waals surface area (Å²) in [5, 5.41) is 3.55. The van der Waals surface area contributed by atoms with E-state index >= 15 is 0 Å². The van der Waals surface area contributed by atoms with Crippen molar-refractivity contribution in [2.75, 3.05) is 27.2 Å². The highest BCUT2D eigenvalue weighted by atomic mass is 16.5. The predicted octanol–water partition coefficient (Wildman–Crippen LogP) is 2.27. The first kappa shape index (κ1) is 13.4. The maximum absolute atomic E-state index is 5.39. The number of hydrogen-bond acceptors (Lipinski definition) is 3. The molecule has 1 atom stereocenters. The third kappa shape index (κ3) is 3.72. The molecule has 3 heteroatoms. The van der Waals surface area contributed by atoms with Crippen molar-refractivity contribution in [3.63, 3.8) is 0 Å². The summed E-state index contributed by atoms with van der Waals surface area (Å²) in [4.78, 5) is 2.37. The Labute approximate surface area is 110 Å². The molecule has 1 N–H and O–H groups in total. The van der Waals surface area contributed by atoms with Crippen LogP contribution in [-0.2, 0) is 6.54 Å². The highest BCUT2D eigenvalue weighted by Crippen LogP contribution is 2.19. The lowest BCUT2D eigenvalue weighted by Crippen LogP contribution is -2.28. The third-order valence-corrected chi connectivity index (χ3v) is 3.65. The first-order valence-electron chi connectivity index (χ1n) is 6.83. The van der Waals surface area contributed by atoms with E-state index in [1.807, 2.05) is 12.1 Å². The lowest BCUT2D eigenvalue weighted by Gasteiger charge is -2.20. The van der Waals surface area contributed by atoms with Crippen LogP contribution in [0.25, 0.3) is 0 Å². The van der Waals surface area contributed by atoms with Crippen molar-refractivity contribution >= 4 is 0 Å². The fraction of sp³-hybridized carbons (Fsp3) is 0.600. The molecule has 2 rings (SSSR count). The van der Waals surface area contributed by atoms with Gasteiger partial charge in [-0.3, -0.25) is 0 Å². The Bertz CT molecular complexity index is 361. The highest BCUT2D eigenvalue weighted by molar-refractivity contribution is 5.32. The lowest BCUT2D eigenvalue weighted by atomic mass is 10.1. The summed E-state index contributed by atoms with van der Waals surface area (Å²) in [7, 11) is 3.92. The van der Waals surface area contributed by atoms with Crippen molar-refractivity contribution in [3.05, 3.63) is 29.8 Å². The van der Waals surface area contributed by atoms with Gasteiger partial charge in [0.15, 0.2) is 0 Å². The van der Waals surface area contributed by atoms with Gasteiger partial charge in [-0.2, -0.15) is 0 Å². The smallest absolute Gasteiger partial charge is 0.123 e. The Morgan fingerprint density at radius 1 is 1.39 bits per heavy atom. The number of ether oxygens (including phenoxy) is 1. The van der Waals surface area contributed by atoms with Gasteiger partial charge in [0.25, 0.3) is 0 Å². The van der Waals surface area contributed by atoms with Gasteiger partial charge in [-0.25, -0.2) is 0 Å². The molecule has 1 fully saturated rings. The van der Waals surface area contributed by atoms with Gasteiger partial charge in [0, 0.05) is 18.2 Å². The zero-order chi connectivity index (χ0) is 12.8. The lowest BCUT2D eigenvalue weighted by molar-refractivity contribution is 0.299. The van der Waals surface area contributed by atoms with Crippen molar-refractivity contribution in [2.24, 2.45) is 0 Å². The number of methoxy groups -OCH3 is 1. The Morgan fingerprint density at radius 3 is 2.94 bits per heavy atom. The minimum absolute atomic E-state index is 0.727. The van der Waals surface area contributed by atoms with Crippen LogP contribution in [0.1, 0.15) is 24.8 Å². The molecule has 1 heterocycles. The average Bonchev–Trinajstić information content (AvgIpc) is 2.90. The van der Waals surface area contributed by atoms with E-state index in [2.05, 4.69) is 29.4 Å². The molecule has 1 aliphatic rings. The van der Waals surface area contributed by atoms with Crippen molar-refractivity contribution in [3.8, 4) is 5.75 Å². The largest absolute Gasteiger partial charge is 0.496 e. The zero-order valence-corrected chi connectivity index (χ0v) is 11.5. The molecule has 0 saturated carbocycles. The van der Waals surface area contributed by atoms with Gasteiger partial charge < -0.3 is 15.0 Å². The van der Waals surface area contributed by atoms with E-state index in [-0.39, 0.29) is 0 Å². The summed E-state index contributed by atoms with van der Waals surface area (Å²) in [6.45, 7) is 3.29. The van der Waals surface area contributed by atoms with Gasteiger partial charge in [-0.15, -0.1) is 0 Å². The summed E-state index contributed by atoms with van der Waals surface area (Å²) in [5.41, 5.74) is 1.27. The summed E-state index contributed by atoms with van der Waals surface area (Å²) in [5.74, 6) is 0.989. The van der Waals surface area contributed by atoms with Crippen LogP contribution in [-0.4, -0.2) is 38.2 Å². The second-order valence-electron chi connectivity index (χ2n) is 5.13. The van der Waals surface area contributed by atoms with Crippen LogP contribution in [0.2, 0.25) is 0 Å². The molecule has 18 heavy (non-hydrogen) atoms. The van der Waals surface area contributed by atoms with Crippen molar-refractivity contribution < 1.29 is 4.74 Å². The fourth-order valence-corrected chi connectivity index (χ4v) is 2.58. The maximum Gasteiger partial charge on any atom is 0.123 e. The molecule has 0 radical (unpaired) electrons. The molecule has 1 aliphatic heterocycles. The molecule has 0 aliphatic carbocycles. The quantitative estimate of drug-likeness (QED) is 0.836. The first-order valence-corrected chi connectivity index (χ1v) is 6.83. The Balaban J connectivity index is 1.80. The van der Waals surface area contributed by atoms with Crippen LogP contribution in [0.5, 0.6) is 5.75 Å². The third-order valence-electron chi connectivity index (χ3n) is 3.65. The van der Waals surface area contributed by atoms with Crippen LogP contribution in [0.15, 0.2) is 24.3 Å². The number of para-hydroxylation sites is 1. The normalized spacial score (nSPS) is 19.4. The minimum Gasteiger partial charge on any atom is -0.496 e. The fourth-order valence-electron chi connectivity index (χ4n) is 2.58. The number of benzene rings is 1. The van der Waals surface area contributed by atoms with Crippen LogP contribution in [0, 0.1) is 0 Å². The Kier molecular flexibility index (Phi) is 5.02. The van der Waals surface area contributed by atoms with Gasteiger partial charge >= 0.3 is 0 Å². The minimum atomic E-state index is 0.727. The van der Waals surface area contributed by atoms with E-state index < -0.39 is 0 Å². The summed E-state index contributed by atoms with van der Waals surface area (Å²) in [6.07, 6.45) is 3.91. The molecular formula is C15H24N2O. The second-order valence-corrected chi connectivity index (χ2v) is 5.13. The molecule has 0 spiro atoms. The van der Waals surface area contributed by atoms with E-state index in [1.54, 1.807) is 7.11 Å². The Hall–Kier alpha value is -1.06. The van der Waals surface area contributed by atoms with Crippen LogP contribution in [0.3, 0.4) is 0 Å². The number of nitrogens with one attached hydrogen (secondary N) is 1. The number of rotatable bonds is 6. The number of nitrogens with zero attached hydrogens (tertiary/aromatic N) is 1. The van der Waals surface area contributed by atoms with Crippen LogP contribution in [0.4, 0.5) is 0 Å². The molecule has 100 valence electrons. The van der Waals surface area contributed by atoms with Crippen LogP contribution < -0.4 is 10.1 Å². The van der Waals surface area contributed by atoms with Gasteiger partial charge in [-0.05, 0) is 45.5 Å². The summed E-state index contributed by atoms with van der Waals surface area (Å²) >= 11 is 0. The van der Waals surface area contributed by atoms with Crippen molar-refractivity contribution in [2.45, 2.75) is 31.8 Å². The molecule has 0 amide bonds. The maximum atomic E-state index is 5.39. The van der Waals surface area contributed by atoms with Crippen LogP contribution >= 0.6 is 0 Å². The summed E-state index contributed by atoms with van der Waals surface area (Å²) in [6, 6.07) is 8.99. The first-order chi connectivity index (χ1) is 8.79. The molecule has 1 aromatic carbocycles. The van der Waals surface area contributed by atoms with Gasteiger partial charge in [0.1, 0.15) is 5.75 Å². The van der Waals surface area contributed by atoms with E-state index in [4.69, 9.17) is 4.74 Å². The van der Waals surface area contributed by atoms with E-state index in [0.717, 1.165) is 24.9 Å². The van der Waals surface area contributed by atoms with Gasteiger partial charge in [0.2, 0.25) is 0 Å². The monoisotopic (exact) mass is 248 g/mol. The number of hydrogen-bond donors (Lipinski definition) is 1. The van der Waals surface area contributed by atoms with E-state index in [0.29, 0.717) is 0 Å². The Morgan fingerprint density at radius 2 is 2.22 bits per heavy atom. The molecule has 1 unspecified atom stereocenters. The average molecular weight is 248 g/mol. The molecule has 3 nitrogen and oxygen atoms in total. The van der Waals surface area contributed by atoms with Gasteiger partial charge in [0.05, 0.1) is 7.11 Å². The molecule has 1 saturated heterocycles. The molecule has 0 aromatic heterocycles. The van der Waals surface area contributed by atoms with Crippen molar-refractivity contribution in [1.29, 1.82) is 0 Å². The SMILES string of the molecule is COc1ccccc1CN(C)CCC1CCCN1. The summed E-state index contributed by atoms with van der Waals surface area (Å²) < 4.78 is 5.39. The molecule has 0 bridgehead atoms. The standard InChI is InChI=1S/C15H24N2O/c1-17(11-9-14-7-5-10-16-14)12-13-6-3-4-8-15(13)18-2/h3-4,6,8,14,16H,5,7,9-12H2,1-2H3. The molecule has 1 aromatic rings. The van der Waals surface area contributed by atoms with Crippen molar-refractivity contribution in [1.82, 2.24) is 10.2 Å². The second kappa shape index (κ2) is 6.76. The van der Waals surface area contributed by atoms with E-state index in [9.17, 15) is 0 Å². The van der Waals surface area contributed by atoms with Gasteiger partial charge in [-0.1, -0.05) is 18.2 Å². The predicted molar refractivity (Wildman–Crippen MR) is 75.0 cm³/mol. The topological polar surface area (TPSA) is 24.5 Å². The molecular weight excluding hydrogens is 224 g/mol.